The average molecular weight is 312 g/mol. The minimum Gasteiger partial charge on any atom is -0.342 e. The summed E-state index contributed by atoms with van der Waals surface area (Å²) < 4.78 is 2.87. The van der Waals surface area contributed by atoms with E-state index in [1.54, 1.807) is 4.90 Å². The number of amides is 1. The lowest BCUT2D eigenvalue weighted by Gasteiger charge is -2.20. The van der Waals surface area contributed by atoms with E-state index < -0.39 is 0 Å². The number of halogens is 1. The third kappa shape index (κ3) is 3.61. The molecule has 98 valence electrons. The van der Waals surface area contributed by atoms with Crippen LogP contribution in [-0.4, -0.2) is 28.5 Å². The highest BCUT2D eigenvalue weighted by Gasteiger charge is 2.18. The Labute approximate surface area is 116 Å². The van der Waals surface area contributed by atoms with Crippen molar-refractivity contribution in [2.75, 3.05) is 13.1 Å². The first-order valence-electron chi connectivity index (χ1n) is 6.15. The number of aromatic nitrogens is 1. The Morgan fingerprint density at radius 1 is 1.56 bits per heavy atom. The summed E-state index contributed by atoms with van der Waals surface area (Å²) in [6, 6.07) is 3.91. The number of nitriles is 1. The summed E-state index contributed by atoms with van der Waals surface area (Å²) in [5.74, 6) is -0.00750. The predicted octanol–water partition coefficient (Wildman–Crippen LogP) is 3.04. The maximum absolute atomic E-state index is 12.4. The summed E-state index contributed by atoms with van der Waals surface area (Å²) in [4.78, 5) is 14.1. The predicted molar refractivity (Wildman–Crippen MR) is 74.2 cm³/mol. The molecule has 0 aliphatic carbocycles. The van der Waals surface area contributed by atoms with E-state index in [1.807, 2.05) is 23.8 Å². The number of carbonyl (C=O) groups is 1. The Kier molecular flexibility index (Phi) is 5.93. The summed E-state index contributed by atoms with van der Waals surface area (Å²) in [7, 11) is 0. The van der Waals surface area contributed by atoms with E-state index in [9.17, 15) is 4.79 Å². The van der Waals surface area contributed by atoms with Gasteiger partial charge in [-0.15, -0.1) is 0 Å². The van der Waals surface area contributed by atoms with Crippen LogP contribution in [0.15, 0.2) is 16.7 Å². The maximum Gasteiger partial charge on any atom is 0.270 e. The lowest BCUT2D eigenvalue weighted by molar-refractivity contribution is 0.0757. The van der Waals surface area contributed by atoms with Gasteiger partial charge in [-0.2, -0.15) is 5.26 Å². The van der Waals surface area contributed by atoms with Crippen LogP contribution in [0.1, 0.15) is 37.2 Å². The van der Waals surface area contributed by atoms with Gasteiger partial charge in [0.05, 0.1) is 12.5 Å². The monoisotopic (exact) mass is 311 g/mol. The first-order valence-corrected chi connectivity index (χ1v) is 6.95. The number of nitrogens with zero attached hydrogens (tertiary/aromatic N) is 3. The van der Waals surface area contributed by atoms with Crippen LogP contribution in [-0.2, 0) is 6.54 Å². The highest BCUT2D eigenvalue weighted by Crippen LogP contribution is 2.17. The molecule has 0 fully saturated rings. The second kappa shape index (κ2) is 7.22. The smallest absolute Gasteiger partial charge is 0.270 e. The van der Waals surface area contributed by atoms with Crippen molar-refractivity contribution in [3.05, 3.63) is 22.4 Å². The topological polar surface area (TPSA) is 49.0 Å². The summed E-state index contributed by atoms with van der Waals surface area (Å²) in [6.45, 7) is 5.94. The lowest BCUT2D eigenvalue weighted by Crippen LogP contribution is -2.33. The highest BCUT2D eigenvalue weighted by atomic mass is 79.9. The first-order chi connectivity index (χ1) is 8.63. The quantitative estimate of drug-likeness (QED) is 0.810. The molecule has 1 rings (SSSR count). The molecule has 0 atom stereocenters. The molecule has 0 aromatic carbocycles. The largest absolute Gasteiger partial charge is 0.342 e. The average Bonchev–Trinajstić information content (AvgIpc) is 2.71. The molecule has 0 aliphatic rings. The third-order valence-corrected chi connectivity index (χ3v) is 3.14. The highest BCUT2D eigenvalue weighted by molar-refractivity contribution is 9.10. The summed E-state index contributed by atoms with van der Waals surface area (Å²) in [5, 5.41) is 8.61. The molecule has 18 heavy (non-hydrogen) atoms. The van der Waals surface area contributed by atoms with Crippen molar-refractivity contribution >= 4 is 21.8 Å². The first kappa shape index (κ1) is 14.8. The molecule has 0 aliphatic heterocycles. The van der Waals surface area contributed by atoms with Crippen molar-refractivity contribution in [1.82, 2.24) is 9.47 Å². The van der Waals surface area contributed by atoms with E-state index in [4.69, 9.17) is 5.26 Å². The lowest BCUT2D eigenvalue weighted by atomic mass is 10.3. The maximum atomic E-state index is 12.4. The SMILES string of the molecule is CCCn1cc(Br)cc1C(=O)N(CC)CCC#N. The molecule has 4 nitrogen and oxygen atoms in total. The molecule has 0 unspecified atom stereocenters. The van der Waals surface area contributed by atoms with Gasteiger partial charge in [-0.05, 0) is 35.3 Å². The van der Waals surface area contributed by atoms with Gasteiger partial charge in [0.1, 0.15) is 5.69 Å². The number of carbonyl (C=O) groups excluding carboxylic acids is 1. The van der Waals surface area contributed by atoms with Crippen LogP contribution in [0.5, 0.6) is 0 Å². The molecule has 1 aromatic heterocycles. The fraction of sp³-hybridized carbons (Fsp3) is 0.538. The molecule has 0 bridgehead atoms. The van der Waals surface area contributed by atoms with Crippen molar-refractivity contribution in [3.63, 3.8) is 0 Å². The fourth-order valence-electron chi connectivity index (χ4n) is 1.83. The number of hydrogen-bond acceptors (Lipinski definition) is 2. The van der Waals surface area contributed by atoms with Gasteiger partial charge in [-0.25, -0.2) is 0 Å². The molecule has 0 saturated carbocycles. The van der Waals surface area contributed by atoms with Crippen molar-refractivity contribution in [3.8, 4) is 6.07 Å². The van der Waals surface area contributed by atoms with Gasteiger partial charge in [0.15, 0.2) is 0 Å². The zero-order valence-corrected chi connectivity index (χ0v) is 12.4. The van der Waals surface area contributed by atoms with Crippen molar-refractivity contribution in [1.29, 1.82) is 5.26 Å². The van der Waals surface area contributed by atoms with Crippen LogP contribution in [0, 0.1) is 11.3 Å². The molecule has 1 amide bonds. The third-order valence-electron chi connectivity index (χ3n) is 2.71. The van der Waals surface area contributed by atoms with Crippen LogP contribution in [0.2, 0.25) is 0 Å². The summed E-state index contributed by atoms with van der Waals surface area (Å²) in [6.07, 6.45) is 3.27. The zero-order chi connectivity index (χ0) is 13.5. The Morgan fingerprint density at radius 3 is 2.83 bits per heavy atom. The van der Waals surface area contributed by atoms with Gasteiger partial charge in [0, 0.05) is 30.3 Å². The van der Waals surface area contributed by atoms with Gasteiger partial charge in [0.25, 0.3) is 5.91 Å². The Bertz CT molecular complexity index is 448. The van der Waals surface area contributed by atoms with Crippen molar-refractivity contribution in [2.45, 2.75) is 33.2 Å². The van der Waals surface area contributed by atoms with Crippen LogP contribution < -0.4 is 0 Å². The minimum atomic E-state index is -0.00750. The Morgan fingerprint density at radius 2 is 2.28 bits per heavy atom. The molecular formula is C13H18BrN3O. The van der Waals surface area contributed by atoms with Crippen LogP contribution in [0.3, 0.4) is 0 Å². The van der Waals surface area contributed by atoms with Crippen LogP contribution >= 0.6 is 15.9 Å². The number of rotatable bonds is 6. The molecular weight excluding hydrogens is 294 g/mol. The van der Waals surface area contributed by atoms with Crippen molar-refractivity contribution in [2.24, 2.45) is 0 Å². The normalized spacial score (nSPS) is 10.1. The molecule has 0 spiro atoms. The van der Waals surface area contributed by atoms with Crippen LogP contribution in [0.25, 0.3) is 0 Å². The van der Waals surface area contributed by atoms with Crippen molar-refractivity contribution < 1.29 is 4.79 Å². The van der Waals surface area contributed by atoms with Gasteiger partial charge in [-0.3, -0.25) is 4.79 Å². The number of hydrogen-bond donors (Lipinski definition) is 0. The molecule has 0 N–H and O–H groups in total. The second-order valence-electron chi connectivity index (χ2n) is 4.03. The molecule has 1 aromatic rings. The Hall–Kier alpha value is -1.28. The van der Waals surface area contributed by atoms with Gasteiger partial charge < -0.3 is 9.47 Å². The van der Waals surface area contributed by atoms with Crippen LogP contribution in [0.4, 0.5) is 0 Å². The molecule has 0 radical (unpaired) electrons. The summed E-state index contributed by atoms with van der Waals surface area (Å²) in [5.41, 5.74) is 0.684. The molecule has 5 heteroatoms. The van der Waals surface area contributed by atoms with E-state index in [2.05, 4.69) is 28.9 Å². The minimum absolute atomic E-state index is 0.00750. The van der Waals surface area contributed by atoms with E-state index in [1.165, 1.54) is 0 Å². The number of aryl methyl sites for hydroxylation is 1. The van der Waals surface area contributed by atoms with Gasteiger partial charge in [-0.1, -0.05) is 6.92 Å². The molecule has 1 heterocycles. The fourth-order valence-corrected chi connectivity index (χ4v) is 2.29. The van der Waals surface area contributed by atoms with E-state index in [0.717, 1.165) is 17.4 Å². The van der Waals surface area contributed by atoms with E-state index >= 15 is 0 Å². The standard InChI is InChI=1S/C13H18BrN3O/c1-3-7-17-10-11(14)9-12(17)13(18)16(4-2)8-5-6-15/h9-10H,3-5,7-8H2,1-2H3. The van der Waals surface area contributed by atoms with E-state index in [0.29, 0.717) is 25.2 Å². The van der Waals surface area contributed by atoms with Gasteiger partial charge in [0.2, 0.25) is 0 Å². The Balaban J connectivity index is 2.90. The van der Waals surface area contributed by atoms with Gasteiger partial charge >= 0.3 is 0 Å². The van der Waals surface area contributed by atoms with E-state index in [-0.39, 0.29) is 5.91 Å². The summed E-state index contributed by atoms with van der Waals surface area (Å²) >= 11 is 3.40. The second-order valence-corrected chi connectivity index (χ2v) is 4.95. The molecule has 0 saturated heterocycles. The zero-order valence-electron chi connectivity index (χ0n) is 10.8.